The molecule has 3 unspecified atom stereocenters. The van der Waals surface area contributed by atoms with Crippen molar-refractivity contribution >= 4 is 10.0 Å². The standard InChI is InChI=1S/C24H32N2O5S/c1-17(27)24(2)16-26(32(28,29)20-9-6-12-25-14-20)15-21(24)18-10-11-22(30-3)23(13-18)31-19-7-4-5-8-19/h6,9-14,17,19,21,27H,4-5,7-8,15-16H2,1-3H3. The summed E-state index contributed by atoms with van der Waals surface area (Å²) in [5.74, 6) is 1.14. The van der Waals surface area contributed by atoms with Crippen LogP contribution in [0.15, 0.2) is 47.6 Å². The first-order valence-corrected chi connectivity index (χ1v) is 12.6. The fourth-order valence-electron chi connectivity index (χ4n) is 4.90. The summed E-state index contributed by atoms with van der Waals surface area (Å²) < 4.78 is 39.8. The summed E-state index contributed by atoms with van der Waals surface area (Å²) >= 11 is 0. The van der Waals surface area contributed by atoms with Gasteiger partial charge in [-0.3, -0.25) is 4.98 Å². The predicted octanol–water partition coefficient (Wildman–Crippen LogP) is 3.59. The minimum absolute atomic E-state index is 0.161. The lowest BCUT2D eigenvalue weighted by Gasteiger charge is -2.34. The molecule has 7 nitrogen and oxygen atoms in total. The summed E-state index contributed by atoms with van der Waals surface area (Å²) in [6, 6.07) is 8.95. The maximum absolute atomic E-state index is 13.3. The van der Waals surface area contributed by atoms with Crippen LogP contribution in [0, 0.1) is 5.41 Å². The zero-order valence-electron chi connectivity index (χ0n) is 18.9. The highest BCUT2D eigenvalue weighted by Crippen LogP contribution is 2.48. The Morgan fingerprint density at radius 2 is 1.97 bits per heavy atom. The maximum Gasteiger partial charge on any atom is 0.244 e. The first-order chi connectivity index (χ1) is 15.3. The second kappa shape index (κ2) is 9.00. The van der Waals surface area contributed by atoms with Crippen molar-refractivity contribution in [2.24, 2.45) is 5.41 Å². The van der Waals surface area contributed by atoms with Gasteiger partial charge in [0.1, 0.15) is 4.90 Å². The smallest absolute Gasteiger partial charge is 0.244 e. The number of hydrogen-bond donors (Lipinski definition) is 1. The summed E-state index contributed by atoms with van der Waals surface area (Å²) in [6.07, 6.45) is 6.76. The van der Waals surface area contributed by atoms with E-state index < -0.39 is 21.5 Å². The molecule has 0 spiro atoms. The molecule has 8 heteroatoms. The Labute approximate surface area is 190 Å². The lowest BCUT2D eigenvalue weighted by atomic mass is 9.72. The SMILES string of the molecule is COc1ccc(C2CN(S(=O)(=O)c3cccnc3)CC2(C)C(C)O)cc1OC1CCCC1. The quantitative estimate of drug-likeness (QED) is 0.679. The van der Waals surface area contributed by atoms with Gasteiger partial charge in [-0.1, -0.05) is 13.0 Å². The van der Waals surface area contributed by atoms with Gasteiger partial charge in [0.15, 0.2) is 11.5 Å². The number of nitrogens with zero attached hydrogens (tertiary/aromatic N) is 2. The van der Waals surface area contributed by atoms with Crippen LogP contribution in [-0.4, -0.2) is 55.2 Å². The van der Waals surface area contributed by atoms with Gasteiger partial charge < -0.3 is 14.6 Å². The maximum atomic E-state index is 13.3. The minimum Gasteiger partial charge on any atom is -0.493 e. The van der Waals surface area contributed by atoms with Gasteiger partial charge in [0.25, 0.3) is 0 Å². The van der Waals surface area contributed by atoms with Gasteiger partial charge in [0.2, 0.25) is 10.0 Å². The average Bonchev–Trinajstić information content (AvgIpc) is 3.43. The average molecular weight is 461 g/mol. The molecular weight excluding hydrogens is 428 g/mol. The van der Waals surface area contributed by atoms with E-state index in [9.17, 15) is 13.5 Å². The molecule has 2 heterocycles. The molecule has 174 valence electrons. The predicted molar refractivity (Wildman–Crippen MR) is 121 cm³/mol. The largest absolute Gasteiger partial charge is 0.493 e. The summed E-state index contributed by atoms with van der Waals surface area (Å²) in [5, 5.41) is 10.7. The molecule has 2 aliphatic rings. The third-order valence-corrected chi connectivity index (χ3v) is 8.91. The van der Waals surface area contributed by atoms with Gasteiger partial charge in [-0.05, 0) is 62.4 Å². The molecule has 1 aromatic heterocycles. The van der Waals surface area contributed by atoms with E-state index in [2.05, 4.69) is 4.98 Å². The van der Waals surface area contributed by atoms with Gasteiger partial charge >= 0.3 is 0 Å². The molecule has 1 aliphatic heterocycles. The topological polar surface area (TPSA) is 89.0 Å². The Bertz CT molecular complexity index is 1040. The normalized spacial score (nSPS) is 25.7. The molecule has 2 aromatic rings. The van der Waals surface area contributed by atoms with Crippen LogP contribution in [0.4, 0.5) is 0 Å². The Morgan fingerprint density at radius 3 is 2.59 bits per heavy atom. The highest BCUT2D eigenvalue weighted by atomic mass is 32.2. The van der Waals surface area contributed by atoms with Crippen LogP contribution in [0.1, 0.15) is 51.0 Å². The fraction of sp³-hybridized carbons (Fsp3) is 0.542. The zero-order valence-corrected chi connectivity index (χ0v) is 19.7. The number of pyridine rings is 1. The van der Waals surface area contributed by atoms with Crippen LogP contribution in [0.25, 0.3) is 0 Å². The summed E-state index contributed by atoms with van der Waals surface area (Å²) in [7, 11) is -2.10. The molecule has 0 amide bonds. The molecule has 32 heavy (non-hydrogen) atoms. The van der Waals surface area contributed by atoms with Gasteiger partial charge in [-0.2, -0.15) is 4.31 Å². The molecule has 1 N–H and O–H groups in total. The Kier molecular flexibility index (Phi) is 6.47. The van der Waals surface area contributed by atoms with Crippen molar-refractivity contribution in [2.75, 3.05) is 20.2 Å². The minimum atomic E-state index is -3.72. The monoisotopic (exact) mass is 460 g/mol. The fourth-order valence-corrected chi connectivity index (χ4v) is 6.43. The lowest BCUT2D eigenvalue weighted by Crippen LogP contribution is -2.38. The van der Waals surface area contributed by atoms with Gasteiger partial charge in [0.05, 0.1) is 19.3 Å². The number of aromatic nitrogens is 1. The molecular formula is C24H32N2O5S. The number of benzene rings is 1. The number of rotatable bonds is 7. The summed E-state index contributed by atoms with van der Waals surface area (Å²) in [6.45, 7) is 4.17. The van der Waals surface area contributed by atoms with Crippen LogP contribution >= 0.6 is 0 Å². The van der Waals surface area contributed by atoms with Crippen LogP contribution in [0.2, 0.25) is 0 Å². The Balaban J connectivity index is 1.68. The van der Waals surface area contributed by atoms with Crippen molar-refractivity contribution in [2.45, 2.75) is 62.6 Å². The highest BCUT2D eigenvalue weighted by Gasteiger charge is 2.50. The van der Waals surface area contributed by atoms with E-state index in [1.807, 2.05) is 25.1 Å². The zero-order chi connectivity index (χ0) is 22.9. The lowest BCUT2D eigenvalue weighted by molar-refractivity contribution is 0.0519. The van der Waals surface area contributed by atoms with Crippen molar-refractivity contribution in [3.63, 3.8) is 0 Å². The molecule has 1 aromatic carbocycles. The molecule has 1 saturated carbocycles. The van der Waals surface area contributed by atoms with E-state index in [1.54, 1.807) is 32.4 Å². The number of sulfonamides is 1. The number of aliphatic hydroxyl groups is 1. The molecule has 0 radical (unpaired) electrons. The van der Waals surface area contributed by atoms with E-state index in [-0.39, 0.29) is 30.0 Å². The molecule has 4 rings (SSSR count). The van der Waals surface area contributed by atoms with Crippen molar-refractivity contribution in [1.82, 2.24) is 9.29 Å². The second-order valence-electron chi connectivity index (χ2n) is 9.16. The van der Waals surface area contributed by atoms with Crippen molar-refractivity contribution in [1.29, 1.82) is 0 Å². The van der Waals surface area contributed by atoms with Crippen molar-refractivity contribution in [3.05, 3.63) is 48.3 Å². The van der Waals surface area contributed by atoms with E-state index in [1.165, 1.54) is 10.5 Å². The van der Waals surface area contributed by atoms with E-state index in [0.717, 1.165) is 31.2 Å². The van der Waals surface area contributed by atoms with Gasteiger partial charge in [0, 0.05) is 36.8 Å². The van der Waals surface area contributed by atoms with Gasteiger partial charge in [-0.15, -0.1) is 0 Å². The van der Waals surface area contributed by atoms with Gasteiger partial charge in [-0.25, -0.2) is 8.42 Å². The third kappa shape index (κ3) is 4.23. The number of aliphatic hydroxyl groups excluding tert-OH is 1. The van der Waals surface area contributed by atoms with Crippen molar-refractivity contribution in [3.8, 4) is 11.5 Å². The summed E-state index contributed by atoms with van der Waals surface area (Å²) in [5.41, 5.74) is 0.278. The van der Waals surface area contributed by atoms with Crippen LogP contribution in [-0.2, 0) is 10.0 Å². The first kappa shape index (κ1) is 23.0. The Hall–Kier alpha value is -2.16. The first-order valence-electron chi connectivity index (χ1n) is 11.2. The van der Waals surface area contributed by atoms with Crippen molar-refractivity contribution < 1.29 is 23.0 Å². The molecule has 1 aliphatic carbocycles. The molecule has 2 fully saturated rings. The summed E-state index contributed by atoms with van der Waals surface area (Å²) in [4.78, 5) is 4.13. The number of hydrogen-bond acceptors (Lipinski definition) is 6. The van der Waals surface area contributed by atoms with Crippen LogP contribution < -0.4 is 9.47 Å². The molecule has 3 atom stereocenters. The Morgan fingerprint density at radius 1 is 1.22 bits per heavy atom. The second-order valence-corrected chi connectivity index (χ2v) is 11.1. The van der Waals surface area contributed by atoms with Crippen LogP contribution in [0.3, 0.4) is 0 Å². The number of methoxy groups -OCH3 is 1. The third-order valence-electron chi connectivity index (χ3n) is 7.11. The van der Waals surface area contributed by atoms with E-state index in [4.69, 9.17) is 9.47 Å². The molecule has 0 bridgehead atoms. The van der Waals surface area contributed by atoms with Crippen LogP contribution in [0.5, 0.6) is 11.5 Å². The van der Waals surface area contributed by atoms with E-state index >= 15 is 0 Å². The van der Waals surface area contributed by atoms with E-state index in [0.29, 0.717) is 11.5 Å². The molecule has 1 saturated heterocycles. The highest BCUT2D eigenvalue weighted by molar-refractivity contribution is 7.89. The number of ether oxygens (including phenoxy) is 2.